The number of amides is 1. The van der Waals surface area contributed by atoms with Gasteiger partial charge < -0.3 is 10.0 Å². The highest BCUT2D eigenvalue weighted by atomic mass is 16.4. The summed E-state index contributed by atoms with van der Waals surface area (Å²) >= 11 is 0. The second kappa shape index (κ2) is 6.07. The van der Waals surface area contributed by atoms with E-state index < -0.39 is 12.0 Å². The first-order valence-electron chi connectivity index (χ1n) is 6.74. The molecule has 1 amide bonds. The summed E-state index contributed by atoms with van der Waals surface area (Å²) in [6.45, 7) is 9.90. The van der Waals surface area contributed by atoms with Crippen LogP contribution in [-0.2, 0) is 15.0 Å². The van der Waals surface area contributed by atoms with Gasteiger partial charge in [-0.1, -0.05) is 45.0 Å². The summed E-state index contributed by atoms with van der Waals surface area (Å²) in [4.78, 5) is 24.0. The van der Waals surface area contributed by atoms with Gasteiger partial charge in [0.15, 0.2) is 6.04 Å². The zero-order valence-electron chi connectivity index (χ0n) is 12.8. The maximum Gasteiger partial charge on any atom is 0.331 e. The Balaban J connectivity index is 3.17. The molecule has 1 aromatic carbocycles. The molecule has 20 heavy (non-hydrogen) atoms. The molecule has 0 spiro atoms. The van der Waals surface area contributed by atoms with Gasteiger partial charge in [-0.05, 0) is 30.4 Å². The number of hydrogen-bond donors (Lipinski definition) is 1. The lowest BCUT2D eigenvalue weighted by atomic mass is 9.86. The topological polar surface area (TPSA) is 57.6 Å². The molecule has 4 heteroatoms. The fourth-order valence-electron chi connectivity index (χ4n) is 2.09. The smallest absolute Gasteiger partial charge is 0.331 e. The van der Waals surface area contributed by atoms with Crippen LogP contribution in [0.1, 0.15) is 51.8 Å². The Labute approximate surface area is 120 Å². The van der Waals surface area contributed by atoms with Gasteiger partial charge in [-0.25, -0.2) is 4.79 Å². The predicted molar refractivity (Wildman–Crippen MR) is 78.6 cm³/mol. The zero-order chi connectivity index (χ0) is 15.5. The Kier molecular flexibility index (Phi) is 4.93. The van der Waals surface area contributed by atoms with Crippen LogP contribution in [-0.4, -0.2) is 28.4 Å². The summed E-state index contributed by atoms with van der Waals surface area (Å²) in [5.41, 5.74) is 1.76. The lowest BCUT2D eigenvalue weighted by molar-refractivity contribution is -0.147. The molecule has 1 unspecified atom stereocenters. The third-order valence-electron chi connectivity index (χ3n) is 3.34. The molecule has 1 atom stereocenters. The lowest BCUT2D eigenvalue weighted by Crippen LogP contribution is -2.38. The molecule has 110 valence electrons. The maximum absolute atomic E-state index is 11.5. The number of carbonyl (C=O) groups is 2. The Morgan fingerprint density at radius 3 is 2.00 bits per heavy atom. The van der Waals surface area contributed by atoms with E-state index in [2.05, 4.69) is 20.8 Å². The first kappa shape index (κ1) is 16.2. The Bertz CT molecular complexity index is 471. The second-order valence-electron chi connectivity index (χ2n) is 6.26. The molecular formula is C16H23NO3. The van der Waals surface area contributed by atoms with Gasteiger partial charge in [0.25, 0.3) is 0 Å². The van der Waals surface area contributed by atoms with Crippen molar-refractivity contribution in [3.05, 3.63) is 35.4 Å². The monoisotopic (exact) mass is 277 g/mol. The summed E-state index contributed by atoms with van der Waals surface area (Å²) in [7, 11) is 0. The van der Waals surface area contributed by atoms with Gasteiger partial charge in [-0.2, -0.15) is 0 Å². The van der Waals surface area contributed by atoms with Crippen LogP contribution < -0.4 is 0 Å². The molecule has 0 aliphatic heterocycles. The van der Waals surface area contributed by atoms with Crippen molar-refractivity contribution in [1.82, 2.24) is 4.90 Å². The van der Waals surface area contributed by atoms with Crippen LogP contribution in [0.2, 0.25) is 0 Å². The van der Waals surface area contributed by atoms with Crippen LogP contribution in [0.25, 0.3) is 0 Å². The van der Waals surface area contributed by atoms with E-state index >= 15 is 0 Å². The first-order chi connectivity index (χ1) is 9.18. The molecule has 0 fully saturated rings. The van der Waals surface area contributed by atoms with Crippen molar-refractivity contribution in [3.63, 3.8) is 0 Å². The number of benzene rings is 1. The predicted octanol–water partition coefficient (Wildman–Crippen LogP) is 2.98. The molecule has 0 heterocycles. The molecule has 4 nitrogen and oxygen atoms in total. The van der Waals surface area contributed by atoms with Crippen molar-refractivity contribution in [2.75, 3.05) is 0 Å². The van der Waals surface area contributed by atoms with Crippen molar-refractivity contribution < 1.29 is 14.7 Å². The number of carboxylic acids is 1. The Morgan fingerprint density at radius 2 is 1.70 bits per heavy atom. The quantitative estimate of drug-likeness (QED) is 0.842. The Hall–Kier alpha value is -1.84. The van der Waals surface area contributed by atoms with Crippen LogP contribution in [0.3, 0.4) is 0 Å². The van der Waals surface area contributed by atoms with Gasteiger partial charge in [0.2, 0.25) is 6.41 Å². The lowest BCUT2D eigenvalue weighted by Gasteiger charge is -2.29. The van der Waals surface area contributed by atoms with Gasteiger partial charge in [-0.3, -0.25) is 4.79 Å². The zero-order valence-corrected chi connectivity index (χ0v) is 12.8. The van der Waals surface area contributed by atoms with Crippen LogP contribution in [0.4, 0.5) is 0 Å². The molecule has 0 saturated heterocycles. The average molecular weight is 277 g/mol. The van der Waals surface area contributed by atoms with Crippen molar-refractivity contribution in [3.8, 4) is 0 Å². The average Bonchev–Trinajstić information content (AvgIpc) is 2.33. The first-order valence-corrected chi connectivity index (χ1v) is 6.74. The third kappa shape index (κ3) is 3.59. The summed E-state index contributed by atoms with van der Waals surface area (Å²) in [5.74, 6) is -1.02. The number of carboxylic acid groups (broad SMARTS) is 1. The molecule has 0 radical (unpaired) electrons. The number of nitrogens with zero attached hydrogens (tertiary/aromatic N) is 1. The van der Waals surface area contributed by atoms with Gasteiger partial charge >= 0.3 is 5.97 Å². The molecule has 0 aliphatic carbocycles. The van der Waals surface area contributed by atoms with E-state index in [1.54, 1.807) is 26.0 Å². The van der Waals surface area contributed by atoms with E-state index in [4.69, 9.17) is 0 Å². The van der Waals surface area contributed by atoms with Crippen LogP contribution in [0.5, 0.6) is 0 Å². The van der Waals surface area contributed by atoms with Gasteiger partial charge in [-0.15, -0.1) is 0 Å². The normalized spacial score (nSPS) is 13.1. The van der Waals surface area contributed by atoms with E-state index in [1.807, 2.05) is 12.1 Å². The standard InChI is InChI=1S/C16H23NO3/c1-11(2)17(10-18)14(15(19)20)12-6-8-13(9-7-12)16(3,4)5/h6-11,14H,1-5H3,(H,19,20). The summed E-state index contributed by atoms with van der Waals surface area (Å²) < 4.78 is 0. The second-order valence-corrected chi connectivity index (χ2v) is 6.26. The molecule has 1 N–H and O–H groups in total. The molecule has 0 bridgehead atoms. The number of carbonyl (C=O) groups excluding carboxylic acids is 1. The van der Waals surface area contributed by atoms with Crippen molar-refractivity contribution in [2.45, 2.75) is 52.1 Å². The SMILES string of the molecule is CC(C)N(C=O)C(C(=O)O)c1ccc(C(C)(C)C)cc1. The van der Waals surface area contributed by atoms with E-state index in [9.17, 15) is 14.7 Å². The van der Waals surface area contributed by atoms with Crippen LogP contribution in [0, 0.1) is 0 Å². The van der Waals surface area contributed by atoms with Crippen molar-refractivity contribution in [2.24, 2.45) is 0 Å². The molecule has 0 aliphatic rings. The van der Waals surface area contributed by atoms with Gasteiger partial charge in [0, 0.05) is 6.04 Å². The highest BCUT2D eigenvalue weighted by molar-refractivity contribution is 5.78. The summed E-state index contributed by atoms with van der Waals surface area (Å²) in [6, 6.07) is 6.32. The molecular weight excluding hydrogens is 254 g/mol. The minimum Gasteiger partial charge on any atom is -0.479 e. The fraction of sp³-hybridized carbons (Fsp3) is 0.500. The van der Waals surface area contributed by atoms with Gasteiger partial charge in [0.05, 0.1) is 0 Å². The minimum absolute atomic E-state index is 0.0135. The maximum atomic E-state index is 11.5. The molecule has 0 saturated carbocycles. The molecule has 0 aromatic heterocycles. The molecule has 1 rings (SSSR count). The van der Waals surface area contributed by atoms with Crippen molar-refractivity contribution >= 4 is 12.4 Å². The van der Waals surface area contributed by atoms with Crippen LogP contribution >= 0.6 is 0 Å². The van der Waals surface area contributed by atoms with E-state index in [-0.39, 0.29) is 11.5 Å². The van der Waals surface area contributed by atoms with Gasteiger partial charge in [0.1, 0.15) is 0 Å². The van der Waals surface area contributed by atoms with Crippen LogP contribution in [0.15, 0.2) is 24.3 Å². The van der Waals surface area contributed by atoms with E-state index in [0.717, 1.165) is 5.56 Å². The van der Waals surface area contributed by atoms with Crippen molar-refractivity contribution in [1.29, 1.82) is 0 Å². The number of rotatable bonds is 5. The van der Waals surface area contributed by atoms with E-state index in [1.165, 1.54) is 4.90 Å². The highest BCUT2D eigenvalue weighted by Crippen LogP contribution is 2.26. The van der Waals surface area contributed by atoms with E-state index in [0.29, 0.717) is 12.0 Å². The number of hydrogen-bond acceptors (Lipinski definition) is 2. The highest BCUT2D eigenvalue weighted by Gasteiger charge is 2.28. The molecule has 1 aromatic rings. The third-order valence-corrected chi connectivity index (χ3v) is 3.34. The summed E-state index contributed by atoms with van der Waals surface area (Å²) in [5, 5.41) is 9.41. The largest absolute Gasteiger partial charge is 0.479 e. The fourth-order valence-corrected chi connectivity index (χ4v) is 2.09. The number of aliphatic carboxylic acids is 1. The summed E-state index contributed by atoms with van der Waals surface area (Å²) in [6.07, 6.45) is 0.598. The Morgan fingerprint density at radius 1 is 1.20 bits per heavy atom. The minimum atomic E-state index is -1.02.